The molecule has 0 heterocycles. The third-order valence-electron chi connectivity index (χ3n) is 2.20. The van der Waals surface area contributed by atoms with E-state index in [0.717, 1.165) is 0 Å². The van der Waals surface area contributed by atoms with Crippen molar-refractivity contribution < 1.29 is 26.7 Å². The maximum absolute atomic E-state index is 13.5. The zero-order valence-electron chi connectivity index (χ0n) is 10.7. The monoisotopic (exact) mass is 308 g/mol. The van der Waals surface area contributed by atoms with Crippen LogP contribution in [0.4, 0.5) is 8.78 Å². The van der Waals surface area contributed by atoms with Gasteiger partial charge >= 0.3 is 0 Å². The van der Waals surface area contributed by atoms with E-state index in [1.54, 1.807) is 0 Å². The van der Waals surface area contributed by atoms with Gasteiger partial charge in [0.1, 0.15) is 10.7 Å². The van der Waals surface area contributed by atoms with Crippen LogP contribution >= 0.6 is 0 Å². The van der Waals surface area contributed by atoms with Gasteiger partial charge in [0.15, 0.2) is 18.2 Å². The van der Waals surface area contributed by atoms with E-state index in [1.165, 1.54) is 0 Å². The van der Waals surface area contributed by atoms with Gasteiger partial charge in [0.2, 0.25) is 10.0 Å². The van der Waals surface area contributed by atoms with Crippen LogP contribution in [0.2, 0.25) is 0 Å². The van der Waals surface area contributed by atoms with Crippen LogP contribution in [0.25, 0.3) is 0 Å². The van der Waals surface area contributed by atoms with Gasteiger partial charge in [-0.15, -0.1) is 0 Å². The minimum Gasteiger partial charge on any atom is -0.479 e. The van der Waals surface area contributed by atoms with Crippen LogP contribution < -0.4 is 15.2 Å². The molecule has 0 bridgehead atoms. The number of carbonyl (C=O) groups excluding carboxylic acids is 1. The van der Waals surface area contributed by atoms with E-state index in [9.17, 15) is 22.0 Å². The molecule has 1 aromatic carbocycles. The van der Waals surface area contributed by atoms with Crippen molar-refractivity contribution >= 4 is 15.9 Å². The summed E-state index contributed by atoms with van der Waals surface area (Å²) in [5, 5.41) is 7.29. The molecule has 112 valence electrons. The van der Waals surface area contributed by atoms with Crippen molar-refractivity contribution in [3.8, 4) is 5.75 Å². The van der Waals surface area contributed by atoms with Crippen LogP contribution in [0.3, 0.4) is 0 Å². The largest absolute Gasteiger partial charge is 0.479 e. The number of ether oxygens (including phenoxy) is 1. The highest BCUT2D eigenvalue weighted by Crippen LogP contribution is 2.27. The van der Waals surface area contributed by atoms with Gasteiger partial charge in [0.05, 0.1) is 0 Å². The topological polar surface area (TPSA) is 98.5 Å². The molecule has 3 N–H and O–H groups in total. The number of nitrogens with one attached hydrogen (secondary N) is 1. The standard InChI is InChI=1S/C11H14F2N2O4S/c1-2-3-15-10(16)6-19-11-8(13)4-7(12)5-9(11)20(14,17)18/h4-5H,2-3,6H2,1H3,(H,15,16)(H2,14,17,18). The van der Waals surface area contributed by atoms with E-state index < -0.39 is 44.8 Å². The van der Waals surface area contributed by atoms with E-state index in [0.29, 0.717) is 25.1 Å². The molecule has 0 saturated carbocycles. The Morgan fingerprint density at radius 2 is 2.05 bits per heavy atom. The zero-order valence-corrected chi connectivity index (χ0v) is 11.5. The van der Waals surface area contributed by atoms with Gasteiger partial charge in [-0.2, -0.15) is 0 Å². The summed E-state index contributed by atoms with van der Waals surface area (Å²) in [7, 11) is -4.38. The van der Waals surface area contributed by atoms with Crippen molar-refractivity contribution in [2.24, 2.45) is 5.14 Å². The Labute approximate surface area is 115 Å². The second-order valence-electron chi connectivity index (χ2n) is 3.90. The number of hydrogen-bond donors (Lipinski definition) is 2. The summed E-state index contributed by atoms with van der Waals surface area (Å²) in [5.74, 6) is -3.71. The Balaban J connectivity index is 2.97. The number of carbonyl (C=O) groups is 1. The summed E-state index contributed by atoms with van der Waals surface area (Å²) in [5.41, 5.74) is 0. The first-order chi connectivity index (χ1) is 9.25. The lowest BCUT2D eigenvalue weighted by molar-refractivity contribution is -0.123. The average Bonchev–Trinajstić information content (AvgIpc) is 2.33. The molecule has 1 aromatic rings. The molecule has 0 aliphatic carbocycles. The molecule has 0 aliphatic heterocycles. The van der Waals surface area contributed by atoms with E-state index in [2.05, 4.69) is 5.32 Å². The van der Waals surface area contributed by atoms with Crippen molar-refractivity contribution in [1.82, 2.24) is 5.32 Å². The molecule has 1 amide bonds. The van der Waals surface area contributed by atoms with Gasteiger partial charge in [-0.3, -0.25) is 4.79 Å². The molecular weight excluding hydrogens is 294 g/mol. The predicted molar refractivity (Wildman–Crippen MR) is 66.5 cm³/mol. The Hall–Kier alpha value is -1.74. The molecule has 0 radical (unpaired) electrons. The first kappa shape index (κ1) is 16.3. The molecule has 0 spiro atoms. The van der Waals surface area contributed by atoms with Crippen molar-refractivity contribution in [3.05, 3.63) is 23.8 Å². The molecule has 0 atom stereocenters. The molecule has 0 saturated heterocycles. The minimum absolute atomic E-state index is 0.399. The van der Waals surface area contributed by atoms with Gasteiger partial charge in [-0.1, -0.05) is 6.92 Å². The number of benzene rings is 1. The third kappa shape index (κ3) is 4.42. The summed E-state index contributed by atoms with van der Waals surface area (Å²) in [6, 6.07) is 0.964. The van der Waals surface area contributed by atoms with Crippen molar-refractivity contribution in [1.29, 1.82) is 0 Å². The van der Waals surface area contributed by atoms with Crippen LogP contribution in [0, 0.1) is 11.6 Å². The quantitative estimate of drug-likeness (QED) is 0.800. The normalized spacial score (nSPS) is 11.2. The Morgan fingerprint density at radius 1 is 1.40 bits per heavy atom. The lowest BCUT2D eigenvalue weighted by atomic mass is 10.3. The summed E-state index contributed by atoms with van der Waals surface area (Å²) in [6.07, 6.45) is 0.694. The van der Waals surface area contributed by atoms with Crippen molar-refractivity contribution in [2.45, 2.75) is 18.2 Å². The first-order valence-corrected chi connectivity index (χ1v) is 7.21. The Kier molecular flexibility index (Phi) is 5.40. The van der Waals surface area contributed by atoms with Gasteiger partial charge < -0.3 is 10.1 Å². The Bertz CT molecular complexity index is 605. The smallest absolute Gasteiger partial charge is 0.257 e. The fourth-order valence-corrected chi connectivity index (χ4v) is 2.03. The number of nitrogens with two attached hydrogens (primary N) is 1. The van der Waals surface area contributed by atoms with Crippen molar-refractivity contribution in [2.75, 3.05) is 13.2 Å². The predicted octanol–water partition coefficient (Wildman–Crippen LogP) is 0.517. The van der Waals surface area contributed by atoms with Gasteiger partial charge in [-0.25, -0.2) is 22.3 Å². The molecule has 9 heteroatoms. The number of rotatable bonds is 6. The number of amides is 1. The van der Waals surface area contributed by atoms with Crippen molar-refractivity contribution in [3.63, 3.8) is 0 Å². The van der Waals surface area contributed by atoms with Crippen LogP contribution in [-0.4, -0.2) is 27.5 Å². The molecule has 6 nitrogen and oxygen atoms in total. The van der Waals surface area contributed by atoms with E-state index in [1.807, 2.05) is 6.92 Å². The van der Waals surface area contributed by atoms with Crippen LogP contribution in [0.15, 0.2) is 17.0 Å². The fourth-order valence-electron chi connectivity index (χ4n) is 1.34. The highest BCUT2D eigenvalue weighted by Gasteiger charge is 2.22. The zero-order chi connectivity index (χ0) is 15.3. The maximum atomic E-state index is 13.5. The summed E-state index contributed by atoms with van der Waals surface area (Å²) in [4.78, 5) is 10.5. The molecule has 0 aromatic heterocycles. The van der Waals surface area contributed by atoms with Gasteiger partial charge in [0, 0.05) is 12.6 Å². The van der Waals surface area contributed by atoms with Crippen LogP contribution in [0.5, 0.6) is 5.75 Å². The lowest BCUT2D eigenvalue weighted by Crippen LogP contribution is -2.30. The third-order valence-corrected chi connectivity index (χ3v) is 3.12. The van der Waals surface area contributed by atoms with E-state index in [-0.39, 0.29) is 0 Å². The maximum Gasteiger partial charge on any atom is 0.257 e. The lowest BCUT2D eigenvalue weighted by Gasteiger charge is -2.11. The summed E-state index contributed by atoms with van der Waals surface area (Å²) < 4.78 is 53.8. The molecule has 0 fully saturated rings. The van der Waals surface area contributed by atoms with Gasteiger partial charge in [-0.05, 0) is 12.5 Å². The Morgan fingerprint density at radius 3 is 2.60 bits per heavy atom. The van der Waals surface area contributed by atoms with Crippen LogP contribution in [-0.2, 0) is 14.8 Å². The number of sulfonamides is 1. The highest BCUT2D eigenvalue weighted by atomic mass is 32.2. The number of hydrogen-bond acceptors (Lipinski definition) is 4. The first-order valence-electron chi connectivity index (χ1n) is 5.67. The second kappa shape index (κ2) is 6.62. The molecule has 20 heavy (non-hydrogen) atoms. The van der Waals surface area contributed by atoms with E-state index >= 15 is 0 Å². The van der Waals surface area contributed by atoms with E-state index in [4.69, 9.17) is 9.88 Å². The molecule has 1 rings (SSSR count). The van der Waals surface area contributed by atoms with Gasteiger partial charge in [0.25, 0.3) is 5.91 Å². The summed E-state index contributed by atoms with van der Waals surface area (Å²) >= 11 is 0. The second-order valence-corrected chi connectivity index (χ2v) is 5.43. The summed E-state index contributed by atoms with van der Waals surface area (Å²) in [6.45, 7) is 1.63. The number of primary sulfonamides is 1. The minimum atomic E-state index is -4.38. The van der Waals surface area contributed by atoms with Crippen LogP contribution in [0.1, 0.15) is 13.3 Å². The SMILES string of the molecule is CCCNC(=O)COc1c(F)cc(F)cc1S(N)(=O)=O. The number of halogens is 2. The molecular formula is C11H14F2N2O4S. The average molecular weight is 308 g/mol. The fraction of sp³-hybridized carbons (Fsp3) is 0.364. The molecule has 0 aliphatic rings. The molecule has 0 unspecified atom stereocenters. The highest BCUT2D eigenvalue weighted by molar-refractivity contribution is 7.89.